The van der Waals surface area contributed by atoms with Gasteiger partial charge in [-0.05, 0) is 24.6 Å². The van der Waals surface area contributed by atoms with E-state index < -0.39 is 23.7 Å². The number of carbonyl (C=O) groups excluding carboxylic acids is 2. The Balaban J connectivity index is 2.41. The first-order valence-electron chi connectivity index (χ1n) is 5.86. The fourth-order valence-corrected chi connectivity index (χ4v) is 2.13. The number of amides is 2. The molecule has 1 fully saturated rings. The van der Waals surface area contributed by atoms with Gasteiger partial charge in [0.25, 0.3) is 0 Å². The lowest BCUT2D eigenvalue weighted by Gasteiger charge is -2.35. The van der Waals surface area contributed by atoms with E-state index in [1.807, 2.05) is 6.07 Å². The Morgan fingerprint density at radius 3 is 2.84 bits per heavy atom. The number of carbonyl (C=O) groups is 2. The third-order valence-corrected chi connectivity index (χ3v) is 3.03. The van der Waals surface area contributed by atoms with E-state index in [9.17, 15) is 14.0 Å². The second-order valence-electron chi connectivity index (χ2n) is 4.24. The number of imide groups is 1. The predicted molar refractivity (Wildman–Crippen MR) is 65.7 cm³/mol. The van der Waals surface area contributed by atoms with Crippen LogP contribution in [0.2, 0.25) is 0 Å². The highest BCUT2D eigenvalue weighted by Gasteiger charge is 2.33. The first-order chi connectivity index (χ1) is 9.06. The molecule has 1 heterocycles. The fraction of sp³-hybridized carbons (Fsp3) is 0.308. The zero-order valence-electron chi connectivity index (χ0n) is 10.3. The summed E-state index contributed by atoms with van der Waals surface area (Å²) in [5, 5.41) is 10.9. The number of benzene rings is 1. The topological polar surface area (TPSA) is 73.2 Å². The molecule has 0 saturated carbocycles. The fourth-order valence-electron chi connectivity index (χ4n) is 2.13. The van der Waals surface area contributed by atoms with Gasteiger partial charge in [0.15, 0.2) is 0 Å². The number of rotatable bonds is 2. The van der Waals surface area contributed by atoms with Gasteiger partial charge in [-0.15, -0.1) is 0 Å². The Hall–Kier alpha value is -2.42. The maximum Gasteiger partial charge on any atom is 0.249 e. The average molecular weight is 261 g/mol. The zero-order chi connectivity index (χ0) is 14.0. The number of halogens is 1. The van der Waals surface area contributed by atoms with E-state index in [4.69, 9.17) is 5.26 Å². The van der Waals surface area contributed by atoms with E-state index in [1.54, 1.807) is 6.92 Å². The molecular formula is C13H12FN3O2. The number of nitrogens with zero attached hydrogens (tertiary/aromatic N) is 2. The van der Waals surface area contributed by atoms with Crippen LogP contribution in [0.1, 0.15) is 18.9 Å². The molecule has 2 amide bonds. The molecule has 1 unspecified atom stereocenters. The molecule has 0 spiro atoms. The molecule has 1 N–H and O–H groups in total. The molecule has 5 nitrogen and oxygen atoms in total. The van der Waals surface area contributed by atoms with Gasteiger partial charge in [0.05, 0.1) is 23.9 Å². The monoisotopic (exact) mass is 261 g/mol. The van der Waals surface area contributed by atoms with Crippen LogP contribution in [-0.4, -0.2) is 24.4 Å². The second-order valence-corrected chi connectivity index (χ2v) is 4.24. The van der Waals surface area contributed by atoms with Crippen LogP contribution < -0.4 is 10.2 Å². The van der Waals surface area contributed by atoms with Gasteiger partial charge in [-0.25, -0.2) is 4.39 Å². The van der Waals surface area contributed by atoms with Crippen molar-refractivity contribution in [3.63, 3.8) is 0 Å². The van der Waals surface area contributed by atoms with Crippen LogP contribution in [-0.2, 0) is 9.59 Å². The maximum absolute atomic E-state index is 13.9. The van der Waals surface area contributed by atoms with Crippen LogP contribution in [0.25, 0.3) is 0 Å². The van der Waals surface area contributed by atoms with Gasteiger partial charge in [0.2, 0.25) is 11.8 Å². The van der Waals surface area contributed by atoms with E-state index in [0.717, 1.165) is 6.07 Å². The van der Waals surface area contributed by atoms with Crippen molar-refractivity contribution in [3.8, 4) is 6.07 Å². The van der Waals surface area contributed by atoms with Crippen LogP contribution in [0.3, 0.4) is 0 Å². The van der Waals surface area contributed by atoms with Gasteiger partial charge >= 0.3 is 0 Å². The standard InChI is InChI=1S/C13H12FN3O2/c1-2-10-13(19)16-12(18)7-17(10)11-4-3-8(6-15)5-9(11)14/h3-5,10H,2,7H2,1H3,(H,16,18,19). The molecule has 2 rings (SSSR count). The van der Waals surface area contributed by atoms with Crippen LogP contribution in [0.5, 0.6) is 0 Å². The first-order valence-corrected chi connectivity index (χ1v) is 5.86. The quantitative estimate of drug-likeness (QED) is 0.804. The van der Waals surface area contributed by atoms with Crippen molar-refractivity contribution in [1.82, 2.24) is 5.32 Å². The summed E-state index contributed by atoms with van der Waals surface area (Å²) in [6.07, 6.45) is 0.457. The van der Waals surface area contributed by atoms with Gasteiger partial charge in [-0.1, -0.05) is 6.92 Å². The van der Waals surface area contributed by atoms with Gasteiger partial charge in [-0.2, -0.15) is 5.26 Å². The number of piperazine rings is 1. The molecule has 98 valence electrons. The Labute approximate surface area is 109 Å². The van der Waals surface area contributed by atoms with Crippen LogP contribution in [0, 0.1) is 17.1 Å². The minimum Gasteiger partial charge on any atom is -0.348 e. The van der Waals surface area contributed by atoms with Gasteiger partial charge in [0, 0.05) is 0 Å². The number of anilines is 1. The van der Waals surface area contributed by atoms with Crippen LogP contribution >= 0.6 is 0 Å². The van der Waals surface area contributed by atoms with Crippen molar-refractivity contribution in [2.24, 2.45) is 0 Å². The molecule has 1 aliphatic heterocycles. The summed E-state index contributed by atoms with van der Waals surface area (Å²) in [4.78, 5) is 24.5. The largest absolute Gasteiger partial charge is 0.348 e. The Kier molecular flexibility index (Phi) is 3.47. The van der Waals surface area contributed by atoms with Gasteiger partial charge in [-0.3, -0.25) is 14.9 Å². The molecular weight excluding hydrogens is 249 g/mol. The molecule has 1 saturated heterocycles. The van der Waals surface area contributed by atoms with E-state index >= 15 is 0 Å². The van der Waals surface area contributed by atoms with Gasteiger partial charge in [0.1, 0.15) is 11.9 Å². The smallest absolute Gasteiger partial charge is 0.249 e. The predicted octanol–water partition coefficient (Wildman–Crippen LogP) is 0.939. The minimum atomic E-state index is -0.611. The van der Waals surface area contributed by atoms with Crippen molar-refractivity contribution in [3.05, 3.63) is 29.6 Å². The molecule has 1 aliphatic rings. The molecule has 0 radical (unpaired) electrons. The number of nitrogens with one attached hydrogen (secondary N) is 1. The summed E-state index contributed by atoms with van der Waals surface area (Å²) in [6, 6.07) is 5.23. The van der Waals surface area contributed by atoms with E-state index in [0.29, 0.717) is 6.42 Å². The average Bonchev–Trinajstić information content (AvgIpc) is 2.37. The third kappa shape index (κ3) is 2.40. The molecule has 19 heavy (non-hydrogen) atoms. The molecule has 1 aromatic carbocycles. The highest BCUT2D eigenvalue weighted by molar-refractivity contribution is 6.04. The summed E-state index contributed by atoms with van der Waals surface area (Å²) in [5.74, 6) is -1.50. The molecule has 0 bridgehead atoms. The Morgan fingerprint density at radius 2 is 2.26 bits per heavy atom. The van der Waals surface area contributed by atoms with Crippen molar-refractivity contribution < 1.29 is 14.0 Å². The summed E-state index contributed by atoms with van der Waals surface area (Å²) in [6.45, 7) is 1.71. The van der Waals surface area contributed by atoms with E-state index in [2.05, 4.69) is 5.32 Å². The zero-order valence-corrected chi connectivity index (χ0v) is 10.3. The normalized spacial score (nSPS) is 19.0. The van der Waals surface area contributed by atoms with Crippen LogP contribution in [0.4, 0.5) is 10.1 Å². The maximum atomic E-state index is 13.9. The lowest BCUT2D eigenvalue weighted by Crippen LogP contribution is -2.58. The first kappa shape index (κ1) is 13.0. The van der Waals surface area contributed by atoms with E-state index in [-0.39, 0.29) is 17.8 Å². The lowest BCUT2D eigenvalue weighted by atomic mass is 10.1. The summed E-state index contributed by atoms with van der Waals surface area (Å²) in [5.41, 5.74) is 0.358. The molecule has 0 aromatic heterocycles. The summed E-state index contributed by atoms with van der Waals surface area (Å²) in [7, 11) is 0. The van der Waals surface area contributed by atoms with Crippen molar-refractivity contribution >= 4 is 17.5 Å². The molecule has 6 heteroatoms. The highest BCUT2D eigenvalue weighted by Crippen LogP contribution is 2.25. The minimum absolute atomic E-state index is 0.0763. The molecule has 1 aromatic rings. The van der Waals surface area contributed by atoms with Crippen molar-refractivity contribution in [2.45, 2.75) is 19.4 Å². The van der Waals surface area contributed by atoms with Crippen LogP contribution in [0.15, 0.2) is 18.2 Å². The van der Waals surface area contributed by atoms with Gasteiger partial charge < -0.3 is 4.90 Å². The Morgan fingerprint density at radius 1 is 1.53 bits per heavy atom. The number of hydrogen-bond donors (Lipinski definition) is 1. The number of hydrogen-bond acceptors (Lipinski definition) is 4. The molecule has 1 atom stereocenters. The molecule has 0 aliphatic carbocycles. The lowest BCUT2D eigenvalue weighted by molar-refractivity contribution is -0.132. The van der Waals surface area contributed by atoms with Crippen molar-refractivity contribution in [2.75, 3.05) is 11.4 Å². The summed E-state index contributed by atoms with van der Waals surface area (Å²) >= 11 is 0. The van der Waals surface area contributed by atoms with Crippen molar-refractivity contribution in [1.29, 1.82) is 5.26 Å². The SMILES string of the molecule is CCC1C(=O)NC(=O)CN1c1ccc(C#N)cc1F. The Bertz CT molecular complexity index is 580. The number of nitriles is 1. The highest BCUT2D eigenvalue weighted by atomic mass is 19.1. The second kappa shape index (κ2) is 5.06. The van der Waals surface area contributed by atoms with E-state index in [1.165, 1.54) is 17.0 Å². The third-order valence-electron chi connectivity index (χ3n) is 3.03. The summed E-state index contributed by atoms with van der Waals surface area (Å²) < 4.78 is 13.9.